The number of likely N-dealkylation sites (N-methyl/N-ethyl adjacent to an activating group) is 1. The predicted molar refractivity (Wildman–Crippen MR) is 147 cm³/mol. The smallest absolute Gasteiger partial charge is 0.259 e. The van der Waals surface area contributed by atoms with Gasteiger partial charge in [0.1, 0.15) is 11.7 Å². The Hall–Kier alpha value is -4.06. The van der Waals surface area contributed by atoms with E-state index in [9.17, 15) is 9.90 Å². The minimum atomic E-state index is -0.350. The maximum absolute atomic E-state index is 13.6. The normalized spacial score (nSPS) is 18.9. The average Bonchev–Trinajstić information content (AvgIpc) is 3.42. The molecule has 0 bridgehead atoms. The molecule has 0 spiro atoms. The monoisotopic (exact) mass is 527 g/mol. The lowest BCUT2D eigenvalue weighted by Crippen LogP contribution is -2.49. The van der Waals surface area contributed by atoms with Crippen LogP contribution in [0.3, 0.4) is 0 Å². The molecule has 2 aliphatic heterocycles. The fourth-order valence-corrected chi connectivity index (χ4v) is 4.78. The standard InChI is InChI=1S/C31H33N3O5/c1-21-16-34(22(2)19-35)31(36)26-13-24(10-9-23-7-5-4-6-8-23)15-32-30(26)39-29(21)18-33(3)17-25-11-12-27-28(14-25)38-20-37-27/h4-8,11-15,21-22,29,35H,16-20H2,1-3H3/t21-,22+,29-/m0/s1. The topological polar surface area (TPSA) is 84.4 Å². The van der Waals surface area contributed by atoms with Crippen LogP contribution in [0.25, 0.3) is 0 Å². The first-order chi connectivity index (χ1) is 18.9. The molecule has 0 aliphatic carbocycles. The van der Waals surface area contributed by atoms with Crippen molar-refractivity contribution in [3.8, 4) is 29.2 Å². The van der Waals surface area contributed by atoms with Crippen molar-refractivity contribution in [3.05, 3.63) is 83.0 Å². The highest BCUT2D eigenvalue weighted by molar-refractivity contribution is 5.97. The zero-order chi connectivity index (χ0) is 27.4. The molecule has 1 N–H and O–H groups in total. The van der Waals surface area contributed by atoms with Crippen LogP contribution in [0.15, 0.2) is 60.8 Å². The van der Waals surface area contributed by atoms with Crippen molar-refractivity contribution in [2.75, 3.05) is 33.5 Å². The van der Waals surface area contributed by atoms with Gasteiger partial charge in [0.2, 0.25) is 12.7 Å². The van der Waals surface area contributed by atoms with E-state index in [-0.39, 0.29) is 43.3 Å². The lowest BCUT2D eigenvalue weighted by Gasteiger charge is -2.37. The summed E-state index contributed by atoms with van der Waals surface area (Å²) in [6.07, 6.45) is 1.40. The van der Waals surface area contributed by atoms with Crippen LogP contribution < -0.4 is 14.2 Å². The Morgan fingerprint density at radius 3 is 2.67 bits per heavy atom. The number of hydrogen-bond donors (Lipinski definition) is 1. The van der Waals surface area contributed by atoms with Gasteiger partial charge in [-0.05, 0) is 49.9 Å². The second-order valence-electron chi connectivity index (χ2n) is 10.2. The fraction of sp³-hybridized carbons (Fsp3) is 0.355. The zero-order valence-electron chi connectivity index (χ0n) is 22.5. The number of ether oxygens (including phenoxy) is 3. The third kappa shape index (κ3) is 6.17. The molecule has 2 aromatic carbocycles. The van der Waals surface area contributed by atoms with E-state index in [1.54, 1.807) is 17.2 Å². The van der Waals surface area contributed by atoms with Crippen LogP contribution in [0.5, 0.6) is 17.4 Å². The van der Waals surface area contributed by atoms with Crippen LogP contribution in [0.2, 0.25) is 0 Å². The fourth-order valence-electron chi connectivity index (χ4n) is 4.78. The van der Waals surface area contributed by atoms with E-state index in [2.05, 4.69) is 28.6 Å². The molecule has 8 heteroatoms. The molecule has 1 aromatic heterocycles. The quantitative estimate of drug-likeness (QED) is 0.491. The van der Waals surface area contributed by atoms with Gasteiger partial charge >= 0.3 is 0 Å². The first kappa shape index (κ1) is 26.5. The second kappa shape index (κ2) is 11.8. The lowest BCUT2D eigenvalue weighted by molar-refractivity contribution is 0.0325. The van der Waals surface area contributed by atoms with Gasteiger partial charge in [-0.2, -0.15) is 0 Å². The van der Waals surface area contributed by atoms with Gasteiger partial charge in [0.15, 0.2) is 11.5 Å². The van der Waals surface area contributed by atoms with Gasteiger partial charge < -0.3 is 24.2 Å². The third-order valence-electron chi connectivity index (χ3n) is 7.03. The van der Waals surface area contributed by atoms with Crippen LogP contribution in [-0.4, -0.2) is 71.5 Å². The van der Waals surface area contributed by atoms with E-state index >= 15 is 0 Å². The van der Waals surface area contributed by atoms with Crippen molar-refractivity contribution in [2.45, 2.75) is 32.5 Å². The predicted octanol–water partition coefficient (Wildman–Crippen LogP) is 3.56. The maximum Gasteiger partial charge on any atom is 0.259 e. The first-order valence-electron chi connectivity index (χ1n) is 13.1. The number of aliphatic hydroxyl groups excluding tert-OH is 1. The number of nitrogens with zero attached hydrogens (tertiary/aromatic N) is 3. The molecule has 3 aromatic rings. The molecule has 0 radical (unpaired) electrons. The van der Waals surface area contributed by atoms with Crippen LogP contribution >= 0.6 is 0 Å². The Labute approximate surface area is 229 Å². The molecule has 3 atom stereocenters. The molecule has 202 valence electrons. The molecule has 0 saturated carbocycles. The van der Waals surface area contributed by atoms with Gasteiger partial charge in [-0.25, -0.2) is 4.98 Å². The number of carbonyl (C=O) groups is 1. The number of hydrogen-bond acceptors (Lipinski definition) is 7. The van der Waals surface area contributed by atoms with Crippen molar-refractivity contribution in [1.82, 2.24) is 14.8 Å². The van der Waals surface area contributed by atoms with Gasteiger partial charge in [0.05, 0.1) is 12.6 Å². The van der Waals surface area contributed by atoms with Crippen LogP contribution in [0.1, 0.15) is 40.9 Å². The van der Waals surface area contributed by atoms with E-state index in [4.69, 9.17) is 14.2 Å². The van der Waals surface area contributed by atoms with Gasteiger partial charge in [-0.1, -0.05) is 43.0 Å². The molecule has 1 amide bonds. The summed E-state index contributed by atoms with van der Waals surface area (Å²) in [5, 5.41) is 9.92. The van der Waals surface area contributed by atoms with E-state index in [0.29, 0.717) is 30.8 Å². The Balaban J connectivity index is 1.39. The lowest BCUT2D eigenvalue weighted by atomic mass is 9.99. The highest BCUT2D eigenvalue weighted by atomic mass is 16.7. The average molecular weight is 528 g/mol. The molecular weight excluding hydrogens is 494 g/mol. The summed E-state index contributed by atoms with van der Waals surface area (Å²) in [7, 11) is 2.04. The van der Waals surface area contributed by atoms with Crippen molar-refractivity contribution >= 4 is 5.91 Å². The summed E-state index contributed by atoms with van der Waals surface area (Å²) in [5.41, 5.74) is 2.95. The van der Waals surface area contributed by atoms with Crippen molar-refractivity contribution in [1.29, 1.82) is 0 Å². The SMILES string of the molecule is C[C@H](CO)N1C[C@H](C)[C@H](CN(C)Cc2ccc3c(c2)OCO3)Oc2ncc(C#Cc3ccccc3)cc2C1=O. The second-order valence-corrected chi connectivity index (χ2v) is 10.2. The van der Waals surface area contributed by atoms with Crippen LogP contribution in [0.4, 0.5) is 0 Å². The number of benzene rings is 2. The Kier molecular flexibility index (Phi) is 8.01. The van der Waals surface area contributed by atoms with Gasteiger partial charge in [0, 0.05) is 42.9 Å². The molecular formula is C31H33N3O5. The van der Waals surface area contributed by atoms with Crippen LogP contribution in [-0.2, 0) is 6.54 Å². The summed E-state index contributed by atoms with van der Waals surface area (Å²) in [6, 6.07) is 17.0. The molecule has 8 nitrogen and oxygen atoms in total. The summed E-state index contributed by atoms with van der Waals surface area (Å²) < 4.78 is 17.4. The summed E-state index contributed by atoms with van der Waals surface area (Å²) in [6.45, 7) is 5.77. The van der Waals surface area contributed by atoms with E-state index in [0.717, 1.165) is 22.6 Å². The molecule has 3 heterocycles. The highest BCUT2D eigenvalue weighted by Crippen LogP contribution is 2.33. The van der Waals surface area contributed by atoms with Crippen molar-refractivity contribution in [3.63, 3.8) is 0 Å². The summed E-state index contributed by atoms with van der Waals surface area (Å²) >= 11 is 0. The Morgan fingerprint density at radius 2 is 1.87 bits per heavy atom. The Bertz CT molecular complexity index is 1380. The summed E-state index contributed by atoms with van der Waals surface area (Å²) in [4.78, 5) is 22.1. The minimum absolute atomic E-state index is 0.00495. The zero-order valence-corrected chi connectivity index (χ0v) is 22.5. The van der Waals surface area contributed by atoms with Crippen LogP contribution in [0, 0.1) is 17.8 Å². The molecule has 0 unspecified atom stereocenters. The number of rotatable bonds is 6. The number of amides is 1. The molecule has 5 rings (SSSR count). The molecule has 0 fully saturated rings. The van der Waals surface area contributed by atoms with E-state index in [1.807, 2.05) is 62.5 Å². The highest BCUT2D eigenvalue weighted by Gasteiger charge is 2.34. The van der Waals surface area contributed by atoms with Crippen molar-refractivity contribution < 1.29 is 24.1 Å². The van der Waals surface area contributed by atoms with Crippen molar-refractivity contribution in [2.24, 2.45) is 5.92 Å². The molecule has 2 aliphatic rings. The van der Waals surface area contributed by atoms with Gasteiger partial charge in [-0.15, -0.1) is 0 Å². The van der Waals surface area contributed by atoms with E-state index < -0.39 is 0 Å². The number of fused-ring (bicyclic) bond motifs is 2. The number of carbonyl (C=O) groups excluding carboxylic acids is 1. The summed E-state index contributed by atoms with van der Waals surface area (Å²) in [5.74, 6) is 7.80. The number of aliphatic hydroxyl groups is 1. The van der Waals surface area contributed by atoms with Gasteiger partial charge in [-0.3, -0.25) is 9.69 Å². The largest absolute Gasteiger partial charge is 0.472 e. The van der Waals surface area contributed by atoms with E-state index in [1.165, 1.54) is 0 Å². The third-order valence-corrected chi connectivity index (χ3v) is 7.03. The first-order valence-corrected chi connectivity index (χ1v) is 13.1. The minimum Gasteiger partial charge on any atom is -0.472 e. The number of aromatic nitrogens is 1. The molecule has 39 heavy (non-hydrogen) atoms. The van der Waals surface area contributed by atoms with Gasteiger partial charge in [0.25, 0.3) is 5.91 Å². The Morgan fingerprint density at radius 1 is 1.10 bits per heavy atom. The maximum atomic E-state index is 13.6. The molecule has 0 saturated heterocycles. The number of pyridine rings is 1.